The second kappa shape index (κ2) is 8.17. The van der Waals surface area contributed by atoms with Gasteiger partial charge in [-0.05, 0) is 19.5 Å². The summed E-state index contributed by atoms with van der Waals surface area (Å²) < 4.78 is 13.6. The number of aromatic nitrogens is 2. The molecule has 1 aromatic carbocycles. The molecule has 2 aromatic rings. The first-order valence-corrected chi connectivity index (χ1v) is 8.74. The van der Waals surface area contributed by atoms with E-state index in [2.05, 4.69) is 15.3 Å². The molecule has 1 aliphatic heterocycles. The summed E-state index contributed by atoms with van der Waals surface area (Å²) in [7, 11) is 1.92. The lowest BCUT2D eigenvalue weighted by molar-refractivity contribution is 0.196. The van der Waals surface area contributed by atoms with Gasteiger partial charge in [-0.15, -0.1) is 0 Å². The van der Waals surface area contributed by atoms with Gasteiger partial charge in [0.1, 0.15) is 5.82 Å². The molecule has 2 amide bonds. The van der Waals surface area contributed by atoms with Gasteiger partial charge < -0.3 is 16.0 Å². The molecule has 1 atom stereocenters. The molecule has 0 spiro atoms. The SMILES string of the molecule is CN(Cc1cc(=O)[nH]c(N)n1)[C@H]1CCN(C(=O)NCc2ccccc2F)C1. The molecule has 27 heavy (non-hydrogen) atoms. The molecule has 0 saturated carbocycles. The normalized spacial score (nSPS) is 16.7. The number of rotatable bonds is 5. The van der Waals surface area contributed by atoms with Crippen LogP contribution in [0.4, 0.5) is 15.1 Å². The lowest BCUT2D eigenvalue weighted by Gasteiger charge is -2.24. The highest BCUT2D eigenvalue weighted by Gasteiger charge is 2.29. The number of aromatic amines is 1. The van der Waals surface area contributed by atoms with E-state index in [1.54, 1.807) is 23.1 Å². The van der Waals surface area contributed by atoms with E-state index in [9.17, 15) is 14.0 Å². The molecule has 1 aliphatic rings. The molecule has 8 nitrogen and oxygen atoms in total. The molecule has 0 radical (unpaired) electrons. The summed E-state index contributed by atoms with van der Waals surface area (Å²) in [5.74, 6) is -0.243. The molecule has 0 bridgehead atoms. The summed E-state index contributed by atoms with van der Waals surface area (Å²) in [6.45, 7) is 1.78. The fraction of sp³-hybridized carbons (Fsp3) is 0.389. The van der Waals surface area contributed by atoms with Crippen molar-refractivity contribution in [1.29, 1.82) is 0 Å². The molecule has 1 fully saturated rings. The largest absolute Gasteiger partial charge is 0.369 e. The van der Waals surface area contributed by atoms with E-state index in [0.29, 0.717) is 30.9 Å². The molecule has 0 aliphatic carbocycles. The highest BCUT2D eigenvalue weighted by Crippen LogP contribution is 2.16. The van der Waals surface area contributed by atoms with Gasteiger partial charge in [0, 0.05) is 43.9 Å². The van der Waals surface area contributed by atoms with E-state index in [4.69, 9.17) is 5.73 Å². The number of likely N-dealkylation sites (tertiary alicyclic amines) is 1. The number of likely N-dealkylation sites (N-methyl/N-ethyl adjacent to an activating group) is 1. The Morgan fingerprint density at radius 1 is 1.48 bits per heavy atom. The van der Waals surface area contributed by atoms with Crippen LogP contribution in [-0.2, 0) is 13.1 Å². The van der Waals surface area contributed by atoms with Gasteiger partial charge in [0.2, 0.25) is 5.95 Å². The quantitative estimate of drug-likeness (QED) is 0.721. The summed E-state index contributed by atoms with van der Waals surface area (Å²) in [6, 6.07) is 7.72. The number of H-pyrrole nitrogens is 1. The van der Waals surface area contributed by atoms with Gasteiger partial charge in [-0.2, -0.15) is 0 Å². The minimum absolute atomic E-state index is 0.0893. The van der Waals surface area contributed by atoms with E-state index in [0.717, 1.165) is 6.42 Å². The average molecular weight is 374 g/mol. The zero-order valence-electron chi connectivity index (χ0n) is 15.1. The number of benzene rings is 1. The lowest BCUT2D eigenvalue weighted by atomic mass is 10.2. The third-order valence-corrected chi connectivity index (χ3v) is 4.69. The number of hydrogen-bond acceptors (Lipinski definition) is 5. The van der Waals surface area contributed by atoms with Crippen LogP contribution in [0.5, 0.6) is 0 Å². The monoisotopic (exact) mass is 374 g/mol. The molecule has 1 aromatic heterocycles. The summed E-state index contributed by atoms with van der Waals surface area (Å²) >= 11 is 0. The number of urea groups is 1. The van der Waals surface area contributed by atoms with Gasteiger partial charge in [0.05, 0.1) is 5.69 Å². The number of nitrogens with two attached hydrogens (primary N) is 1. The van der Waals surface area contributed by atoms with Crippen LogP contribution in [0.25, 0.3) is 0 Å². The van der Waals surface area contributed by atoms with Gasteiger partial charge >= 0.3 is 6.03 Å². The summed E-state index contributed by atoms with van der Waals surface area (Å²) in [5.41, 5.74) is 6.32. The van der Waals surface area contributed by atoms with E-state index in [-0.39, 0.29) is 35.9 Å². The minimum atomic E-state index is -0.332. The standard InChI is InChI=1S/C18H23FN6O2/c1-24(10-13-8-16(26)23-17(20)22-13)14-6-7-25(11-14)18(27)21-9-12-4-2-3-5-15(12)19/h2-5,8,14H,6-7,9-11H2,1H3,(H,21,27)(H3,20,22,23,26)/t14-/m0/s1. The molecule has 9 heteroatoms. The van der Waals surface area contributed by atoms with Crippen molar-refractivity contribution in [2.45, 2.75) is 25.6 Å². The fourth-order valence-electron chi connectivity index (χ4n) is 3.20. The number of nitrogen functional groups attached to an aromatic ring is 1. The van der Waals surface area contributed by atoms with Crippen LogP contribution in [-0.4, -0.2) is 52.0 Å². The van der Waals surface area contributed by atoms with Crippen molar-refractivity contribution in [2.75, 3.05) is 25.9 Å². The number of carbonyl (C=O) groups excluding carboxylic acids is 1. The van der Waals surface area contributed by atoms with Crippen molar-refractivity contribution < 1.29 is 9.18 Å². The second-order valence-corrected chi connectivity index (χ2v) is 6.68. The van der Waals surface area contributed by atoms with Crippen molar-refractivity contribution in [2.24, 2.45) is 0 Å². The van der Waals surface area contributed by atoms with Gasteiger partial charge in [-0.3, -0.25) is 14.7 Å². The topological polar surface area (TPSA) is 107 Å². The Morgan fingerprint density at radius 2 is 2.26 bits per heavy atom. The van der Waals surface area contributed by atoms with Crippen LogP contribution in [0.1, 0.15) is 17.7 Å². The van der Waals surface area contributed by atoms with Gasteiger partial charge in [-0.25, -0.2) is 14.2 Å². The van der Waals surface area contributed by atoms with Crippen molar-refractivity contribution in [3.63, 3.8) is 0 Å². The molecule has 3 rings (SSSR count). The molecule has 2 heterocycles. The Kier molecular flexibility index (Phi) is 5.70. The molecular formula is C18H23FN6O2. The van der Waals surface area contributed by atoms with Crippen LogP contribution < -0.4 is 16.6 Å². The van der Waals surface area contributed by atoms with Gasteiger partial charge in [-0.1, -0.05) is 18.2 Å². The maximum Gasteiger partial charge on any atom is 0.317 e. The van der Waals surface area contributed by atoms with Crippen molar-refractivity contribution in [3.05, 3.63) is 57.8 Å². The van der Waals surface area contributed by atoms with Crippen LogP contribution in [0.2, 0.25) is 0 Å². The zero-order chi connectivity index (χ0) is 19.4. The van der Waals surface area contributed by atoms with E-state index < -0.39 is 0 Å². The van der Waals surface area contributed by atoms with Gasteiger partial charge in [0.25, 0.3) is 5.56 Å². The number of nitrogens with one attached hydrogen (secondary N) is 2. The molecule has 1 saturated heterocycles. The van der Waals surface area contributed by atoms with E-state index >= 15 is 0 Å². The van der Waals surface area contributed by atoms with Crippen LogP contribution in [0.3, 0.4) is 0 Å². The third kappa shape index (κ3) is 4.82. The maximum absolute atomic E-state index is 13.6. The highest BCUT2D eigenvalue weighted by atomic mass is 19.1. The Labute approximate surface area is 156 Å². The molecule has 4 N–H and O–H groups in total. The zero-order valence-corrected chi connectivity index (χ0v) is 15.1. The van der Waals surface area contributed by atoms with Gasteiger partial charge in [0.15, 0.2) is 0 Å². The van der Waals surface area contributed by atoms with Crippen molar-refractivity contribution >= 4 is 12.0 Å². The number of nitrogens with zero attached hydrogens (tertiary/aromatic N) is 3. The highest BCUT2D eigenvalue weighted by molar-refractivity contribution is 5.74. The first kappa shape index (κ1) is 18.8. The Balaban J connectivity index is 1.52. The molecule has 0 unspecified atom stereocenters. The Morgan fingerprint density at radius 3 is 3.00 bits per heavy atom. The lowest BCUT2D eigenvalue weighted by Crippen LogP contribution is -2.41. The van der Waals surface area contributed by atoms with Crippen LogP contribution in [0, 0.1) is 5.82 Å². The Hall–Kier alpha value is -2.94. The predicted octanol–water partition coefficient (Wildman–Crippen LogP) is 0.907. The minimum Gasteiger partial charge on any atom is -0.369 e. The van der Waals surface area contributed by atoms with Crippen molar-refractivity contribution in [1.82, 2.24) is 25.1 Å². The average Bonchev–Trinajstić information content (AvgIpc) is 3.10. The summed E-state index contributed by atoms with van der Waals surface area (Å²) in [6.07, 6.45) is 0.808. The number of hydrogen-bond donors (Lipinski definition) is 3. The van der Waals surface area contributed by atoms with Crippen LogP contribution >= 0.6 is 0 Å². The fourth-order valence-corrected chi connectivity index (χ4v) is 3.20. The van der Waals surface area contributed by atoms with Crippen molar-refractivity contribution in [3.8, 4) is 0 Å². The van der Waals surface area contributed by atoms with Crippen LogP contribution in [0.15, 0.2) is 35.1 Å². The smallest absolute Gasteiger partial charge is 0.317 e. The number of halogens is 1. The maximum atomic E-state index is 13.6. The first-order valence-electron chi connectivity index (χ1n) is 8.74. The predicted molar refractivity (Wildman–Crippen MR) is 99.4 cm³/mol. The van der Waals surface area contributed by atoms with E-state index in [1.165, 1.54) is 12.1 Å². The van der Waals surface area contributed by atoms with E-state index in [1.807, 2.05) is 11.9 Å². The number of anilines is 1. The third-order valence-electron chi connectivity index (χ3n) is 4.69. The second-order valence-electron chi connectivity index (χ2n) is 6.68. The number of carbonyl (C=O) groups is 1. The summed E-state index contributed by atoms with van der Waals surface area (Å²) in [4.78, 5) is 34.1. The molecular weight excluding hydrogens is 351 g/mol. The first-order chi connectivity index (χ1) is 12.9. The summed E-state index contributed by atoms with van der Waals surface area (Å²) in [5, 5.41) is 2.76. The number of amides is 2. The molecule has 144 valence electrons. The Bertz CT molecular complexity index is 871.